The van der Waals surface area contributed by atoms with Gasteiger partial charge in [0.15, 0.2) is 10.8 Å². The van der Waals surface area contributed by atoms with Crippen LogP contribution in [0.4, 0.5) is 0 Å². The Bertz CT molecular complexity index is 1190. The summed E-state index contributed by atoms with van der Waals surface area (Å²) in [6.07, 6.45) is 3.29. The largest absolute Gasteiger partial charge is 0.355 e. The maximum atomic E-state index is 12.4. The van der Waals surface area contributed by atoms with Gasteiger partial charge in [-0.25, -0.2) is 9.67 Å². The van der Waals surface area contributed by atoms with Gasteiger partial charge >= 0.3 is 0 Å². The predicted molar refractivity (Wildman–Crippen MR) is 118 cm³/mol. The summed E-state index contributed by atoms with van der Waals surface area (Å²) in [5.74, 6) is 0.0894. The average Bonchev–Trinajstić information content (AvgIpc) is 3.21. The fourth-order valence-electron chi connectivity index (χ4n) is 3.07. The number of para-hydroxylation sites is 1. The number of amides is 1. The van der Waals surface area contributed by atoms with Gasteiger partial charge in [0.2, 0.25) is 5.91 Å². The molecule has 0 saturated heterocycles. The number of thioether (sulfide) groups is 1. The highest BCUT2D eigenvalue weighted by molar-refractivity contribution is 7.99. The molecule has 2 aromatic heterocycles. The van der Waals surface area contributed by atoms with Crippen molar-refractivity contribution in [1.29, 1.82) is 0 Å². The van der Waals surface area contributed by atoms with Gasteiger partial charge in [0.05, 0.1) is 17.6 Å². The van der Waals surface area contributed by atoms with Crippen LogP contribution in [0.15, 0.2) is 76.8 Å². The Hall–Kier alpha value is -3.39. The molecule has 0 bridgehead atoms. The number of nitrogens with zero attached hydrogens (tertiary/aromatic N) is 3. The fourth-order valence-corrected chi connectivity index (χ4v) is 3.76. The number of aromatic nitrogens is 4. The molecule has 0 saturated carbocycles. The molecular formula is C22H21N5O2S. The second kappa shape index (κ2) is 9.41. The van der Waals surface area contributed by atoms with Gasteiger partial charge < -0.3 is 10.3 Å². The van der Waals surface area contributed by atoms with Gasteiger partial charge in [-0.15, -0.1) is 0 Å². The van der Waals surface area contributed by atoms with E-state index in [0.717, 1.165) is 18.5 Å². The van der Waals surface area contributed by atoms with Crippen molar-refractivity contribution in [2.75, 3.05) is 12.3 Å². The van der Waals surface area contributed by atoms with Crippen molar-refractivity contribution in [3.63, 3.8) is 0 Å². The van der Waals surface area contributed by atoms with E-state index in [2.05, 4.69) is 32.5 Å². The summed E-state index contributed by atoms with van der Waals surface area (Å²) >= 11 is 1.20. The number of benzene rings is 2. The third kappa shape index (κ3) is 4.77. The summed E-state index contributed by atoms with van der Waals surface area (Å²) in [5.41, 5.74) is 2.27. The van der Waals surface area contributed by atoms with Crippen LogP contribution in [0.1, 0.15) is 12.0 Å². The van der Waals surface area contributed by atoms with Crippen LogP contribution in [-0.2, 0) is 11.2 Å². The van der Waals surface area contributed by atoms with E-state index >= 15 is 0 Å². The fraction of sp³-hybridized carbons (Fsp3) is 0.182. The molecular weight excluding hydrogens is 398 g/mol. The molecule has 0 spiro atoms. The van der Waals surface area contributed by atoms with Gasteiger partial charge in [-0.1, -0.05) is 60.3 Å². The van der Waals surface area contributed by atoms with Gasteiger partial charge in [0, 0.05) is 6.54 Å². The molecule has 1 amide bonds. The Kier molecular flexibility index (Phi) is 6.24. The summed E-state index contributed by atoms with van der Waals surface area (Å²) in [4.78, 5) is 31.7. The predicted octanol–water partition coefficient (Wildman–Crippen LogP) is 2.95. The van der Waals surface area contributed by atoms with Gasteiger partial charge in [0.25, 0.3) is 5.56 Å². The average molecular weight is 420 g/mol. The Morgan fingerprint density at radius 1 is 1.07 bits per heavy atom. The zero-order valence-electron chi connectivity index (χ0n) is 16.2. The van der Waals surface area contributed by atoms with Crippen LogP contribution in [0.5, 0.6) is 0 Å². The van der Waals surface area contributed by atoms with Crippen molar-refractivity contribution in [3.05, 3.63) is 82.8 Å². The van der Waals surface area contributed by atoms with E-state index in [4.69, 9.17) is 0 Å². The van der Waals surface area contributed by atoms with Gasteiger partial charge in [0.1, 0.15) is 5.39 Å². The number of rotatable bonds is 8. The van der Waals surface area contributed by atoms with Gasteiger partial charge in [-0.3, -0.25) is 9.59 Å². The summed E-state index contributed by atoms with van der Waals surface area (Å²) < 4.78 is 1.62. The number of hydrogen-bond donors (Lipinski definition) is 2. The van der Waals surface area contributed by atoms with Crippen LogP contribution in [0, 0.1) is 0 Å². The first-order chi connectivity index (χ1) is 14.7. The molecule has 2 heterocycles. The minimum atomic E-state index is -0.270. The maximum Gasteiger partial charge on any atom is 0.262 e. The number of H-pyrrole nitrogens is 1. The topological polar surface area (TPSA) is 92.7 Å². The van der Waals surface area contributed by atoms with Crippen LogP contribution in [0.3, 0.4) is 0 Å². The monoisotopic (exact) mass is 419 g/mol. The molecule has 30 heavy (non-hydrogen) atoms. The smallest absolute Gasteiger partial charge is 0.262 e. The van der Waals surface area contributed by atoms with Crippen molar-refractivity contribution in [3.8, 4) is 5.69 Å². The van der Waals surface area contributed by atoms with Crippen LogP contribution >= 0.6 is 11.8 Å². The minimum Gasteiger partial charge on any atom is -0.355 e. The Morgan fingerprint density at radius 2 is 1.80 bits per heavy atom. The summed E-state index contributed by atoms with van der Waals surface area (Å²) in [7, 11) is 0. The van der Waals surface area contributed by atoms with E-state index in [9.17, 15) is 9.59 Å². The highest BCUT2D eigenvalue weighted by Crippen LogP contribution is 2.17. The van der Waals surface area contributed by atoms with Crippen molar-refractivity contribution >= 4 is 28.7 Å². The number of carbonyl (C=O) groups excluding carboxylic acids is 1. The molecule has 0 fully saturated rings. The van der Waals surface area contributed by atoms with Crippen LogP contribution in [0.25, 0.3) is 16.7 Å². The molecule has 0 aliphatic rings. The number of carbonyl (C=O) groups is 1. The van der Waals surface area contributed by atoms with Crippen molar-refractivity contribution < 1.29 is 4.79 Å². The molecule has 0 radical (unpaired) electrons. The Balaban J connectivity index is 1.35. The molecule has 4 aromatic rings. The summed E-state index contributed by atoms with van der Waals surface area (Å²) in [5, 5.41) is 8.00. The first kappa shape index (κ1) is 19.9. The van der Waals surface area contributed by atoms with Crippen LogP contribution in [0.2, 0.25) is 0 Å². The first-order valence-electron chi connectivity index (χ1n) is 9.67. The lowest BCUT2D eigenvalue weighted by atomic mass is 10.1. The quantitative estimate of drug-likeness (QED) is 0.260. The standard InChI is InChI=1S/C22H21N5O2S/c28-19(23-13-7-10-16-8-3-1-4-9-16)15-30-22-25-20-18(21(29)26-22)14-24-27(20)17-11-5-2-6-12-17/h1-6,8-9,11-12,14H,7,10,13,15H2,(H,23,28)(H,25,26,29). The molecule has 0 atom stereocenters. The molecule has 4 rings (SSSR count). The van der Waals surface area contributed by atoms with E-state index in [1.807, 2.05) is 48.5 Å². The third-order valence-corrected chi connectivity index (χ3v) is 5.44. The second-order valence-electron chi connectivity index (χ2n) is 6.73. The normalized spacial score (nSPS) is 10.9. The number of fused-ring (bicyclic) bond motifs is 1. The lowest BCUT2D eigenvalue weighted by Crippen LogP contribution is -2.26. The highest BCUT2D eigenvalue weighted by atomic mass is 32.2. The first-order valence-corrected chi connectivity index (χ1v) is 10.7. The van der Waals surface area contributed by atoms with E-state index < -0.39 is 0 Å². The van der Waals surface area contributed by atoms with E-state index in [1.165, 1.54) is 23.5 Å². The van der Waals surface area contributed by atoms with Crippen molar-refractivity contribution in [2.24, 2.45) is 0 Å². The van der Waals surface area contributed by atoms with Crippen LogP contribution < -0.4 is 10.9 Å². The van der Waals surface area contributed by atoms with E-state index in [0.29, 0.717) is 22.7 Å². The van der Waals surface area contributed by atoms with Crippen molar-refractivity contribution in [1.82, 2.24) is 25.1 Å². The zero-order valence-corrected chi connectivity index (χ0v) is 17.1. The molecule has 7 nitrogen and oxygen atoms in total. The maximum absolute atomic E-state index is 12.4. The molecule has 8 heteroatoms. The number of hydrogen-bond acceptors (Lipinski definition) is 5. The lowest BCUT2D eigenvalue weighted by Gasteiger charge is -2.06. The summed E-state index contributed by atoms with van der Waals surface area (Å²) in [6, 6.07) is 19.7. The lowest BCUT2D eigenvalue weighted by molar-refractivity contribution is -0.118. The van der Waals surface area contributed by atoms with E-state index in [-0.39, 0.29) is 17.2 Å². The minimum absolute atomic E-state index is 0.0904. The zero-order chi connectivity index (χ0) is 20.8. The van der Waals surface area contributed by atoms with Crippen LogP contribution in [-0.4, -0.2) is 38.0 Å². The van der Waals surface area contributed by atoms with Gasteiger partial charge in [-0.2, -0.15) is 5.10 Å². The molecule has 0 aliphatic carbocycles. The van der Waals surface area contributed by atoms with Crippen molar-refractivity contribution in [2.45, 2.75) is 18.0 Å². The molecule has 0 aliphatic heterocycles. The second-order valence-corrected chi connectivity index (χ2v) is 7.69. The molecule has 0 unspecified atom stereocenters. The summed E-state index contributed by atoms with van der Waals surface area (Å²) in [6.45, 7) is 0.609. The van der Waals surface area contributed by atoms with E-state index in [1.54, 1.807) is 4.68 Å². The number of nitrogens with one attached hydrogen (secondary N) is 2. The third-order valence-electron chi connectivity index (χ3n) is 4.56. The molecule has 2 N–H and O–H groups in total. The van der Waals surface area contributed by atoms with Gasteiger partial charge in [-0.05, 0) is 30.5 Å². The molecule has 152 valence electrons. The Labute approximate surface area is 177 Å². The Morgan fingerprint density at radius 3 is 2.57 bits per heavy atom. The molecule has 2 aromatic carbocycles. The highest BCUT2D eigenvalue weighted by Gasteiger charge is 2.12. The number of aromatic amines is 1. The SMILES string of the molecule is O=C(CSc1nc2c(cnn2-c2ccccc2)c(=O)[nH]1)NCCCc1ccccc1. The number of aryl methyl sites for hydroxylation is 1.